The largest absolute Gasteiger partial charge is 0.508 e. The average Bonchev–Trinajstić information content (AvgIpc) is 3.48. The lowest BCUT2D eigenvalue weighted by Gasteiger charge is -2.13. The van der Waals surface area contributed by atoms with Gasteiger partial charge < -0.3 is 10.8 Å². The molecule has 12 heteroatoms. The van der Waals surface area contributed by atoms with Gasteiger partial charge in [-0.1, -0.05) is 5.21 Å². The van der Waals surface area contributed by atoms with E-state index in [-0.39, 0.29) is 23.1 Å². The Morgan fingerprint density at radius 2 is 2.00 bits per heavy atom. The molecule has 0 atom stereocenters. The normalized spacial score (nSPS) is 14.9. The Balaban J connectivity index is 1.62. The predicted molar refractivity (Wildman–Crippen MR) is 106 cm³/mol. The third-order valence-corrected chi connectivity index (χ3v) is 4.83. The van der Waals surface area contributed by atoms with Gasteiger partial charge in [-0.25, -0.2) is 10.1 Å². The zero-order valence-electron chi connectivity index (χ0n) is 16.3. The van der Waals surface area contributed by atoms with E-state index >= 15 is 0 Å². The third kappa shape index (κ3) is 3.98. The molecule has 4 N–H and O–H groups in total. The lowest BCUT2D eigenvalue weighted by molar-refractivity contribution is 0.0945. The van der Waals surface area contributed by atoms with Crippen molar-refractivity contribution in [3.8, 4) is 11.6 Å². The quantitative estimate of drug-likeness (QED) is 0.391. The molecule has 30 heavy (non-hydrogen) atoms. The van der Waals surface area contributed by atoms with Gasteiger partial charge in [-0.15, -0.1) is 5.10 Å². The Kier molecular flexibility index (Phi) is 5.39. The zero-order valence-corrected chi connectivity index (χ0v) is 16.3. The average molecular weight is 411 g/mol. The number of nitrogens with two attached hydrogens (primary N) is 1. The fourth-order valence-electron chi connectivity index (χ4n) is 3.24. The summed E-state index contributed by atoms with van der Waals surface area (Å²) in [6, 6.07) is 6.49. The van der Waals surface area contributed by atoms with Gasteiger partial charge in [0.15, 0.2) is 5.69 Å². The first-order valence-corrected chi connectivity index (χ1v) is 9.42. The first-order chi connectivity index (χ1) is 14.5. The van der Waals surface area contributed by atoms with Crippen LogP contribution in [0.4, 0.5) is 5.82 Å². The lowest BCUT2D eigenvalue weighted by atomic mass is 10.1. The summed E-state index contributed by atoms with van der Waals surface area (Å²) in [5.41, 5.74) is 10.3. The molecule has 1 fully saturated rings. The molecule has 12 nitrogen and oxygen atoms in total. The van der Waals surface area contributed by atoms with E-state index in [1.165, 1.54) is 4.68 Å². The number of carbonyl (C=O) groups is 1. The molecule has 1 amide bonds. The number of carbonyl (C=O) groups excluding carboxylic acids is 1. The number of hydrogen-bond donors (Lipinski definition) is 3. The number of hydrogen-bond acceptors (Lipinski definition) is 10. The first kappa shape index (κ1) is 19.5. The highest BCUT2D eigenvalue weighted by atomic mass is 16.6. The van der Waals surface area contributed by atoms with Crippen LogP contribution in [0.25, 0.3) is 5.82 Å². The van der Waals surface area contributed by atoms with Crippen LogP contribution >= 0.6 is 0 Å². The van der Waals surface area contributed by atoms with Crippen molar-refractivity contribution in [2.45, 2.75) is 26.3 Å². The maximum absolute atomic E-state index is 13.0. The Labute approximate surface area is 171 Å². The van der Waals surface area contributed by atoms with Gasteiger partial charge in [0, 0.05) is 6.54 Å². The van der Waals surface area contributed by atoms with E-state index in [4.69, 9.17) is 5.73 Å². The van der Waals surface area contributed by atoms with Gasteiger partial charge in [0.1, 0.15) is 11.4 Å². The summed E-state index contributed by atoms with van der Waals surface area (Å²) >= 11 is 0. The molecule has 1 aliphatic rings. The number of hydrazone groups is 1. The molecule has 1 saturated heterocycles. The molecule has 0 spiro atoms. The molecular weight excluding hydrogens is 390 g/mol. The topological polar surface area (TPSA) is 161 Å². The number of aromatic hydroxyl groups is 1. The van der Waals surface area contributed by atoms with Gasteiger partial charge in [-0.05, 0) is 73.0 Å². The van der Waals surface area contributed by atoms with Gasteiger partial charge >= 0.3 is 0 Å². The van der Waals surface area contributed by atoms with E-state index in [1.807, 2.05) is 0 Å². The molecule has 156 valence electrons. The van der Waals surface area contributed by atoms with Crippen LogP contribution in [0.15, 0.2) is 34.0 Å². The van der Waals surface area contributed by atoms with Crippen molar-refractivity contribution in [3.05, 3.63) is 41.2 Å². The number of aromatic nitrogens is 5. The SMILES string of the molecule is CC(=NNC(=O)c1c(CN2CCCC2)nnn1-c1nonc1N)c1ccc(O)cc1. The second kappa shape index (κ2) is 8.29. The summed E-state index contributed by atoms with van der Waals surface area (Å²) < 4.78 is 5.85. The molecule has 0 saturated carbocycles. The Morgan fingerprint density at radius 1 is 1.27 bits per heavy atom. The van der Waals surface area contributed by atoms with Crippen molar-refractivity contribution in [1.29, 1.82) is 0 Å². The van der Waals surface area contributed by atoms with Gasteiger partial charge in [-0.3, -0.25) is 9.69 Å². The van der Waals surface area contributed by atoms with Crippen LogP contribution in [-0.2, 0) is 6.54 Å². The standard InChI is InChI=1S/C18H21N9O3/c1-11(12-4-6-13(28)7-5-12)20-22-18(29)15-14(10-26-8-2-3-9-26)21-25-27(15)17-16(19)23-30-24-17/h4-7,28H,2-3,8-10H2,1H3,(H2,19,23)(H,22,29). The molecule has 0 radical (unpaired) electrons. The lowest BCUT2D eigenvalue weighted by Crippen LogP contribution is -2.26. The number of likely N-dealkylation sites (tertiary alicyclic amines) is 1. The molecule has 4 rings (SSSR count). The highest BCUT2D eigenvalue weighted by Crippen LogP contribution is 2.19. The van der Waals surface area contributed by atoms with E-state index in [0.717, 1.165) is 31.5 Å². The number of phenols is 1. The fraction of sp³-hybridized carbons (Fsp3) is 0.333. The van der Waals surface area contributed by atoms with Crippen LogP contribution in [-0.4, -0.2) is 60.0 Å². The number of nitrogens with zero attached hydrogens (tertiary/aromatic N) is 7. The number of nitrogens with one attached hydrogen (secondary N) is 1. The molecule has 1 aliphatic heterocycles. The molecule has 2 aromatic heterocycles. The van der Waals surface area contributed by atoms with Crippen molar-refractivity contribution in [3.63, 3.8) is 0 Å². The van der Waals surface area contributed by atoms with Gasteiger partial charge in [-0.2, -0.15) is 9.78 Å². The first-order valence-electron chi connectivity index (χ1n) is 9.42. The zero-order chi connectivity index (χ0) is 21.1. The fourth-order valence-corrected chi connectivity index (χ4v) is 3.24. The Hall–Kier alpha value is -3.80. The predicted octanol–water partition coefficient (Wildman–Crippen LogP) is 0.688. The Morgan fingerprint density at radius 3 is 2.67 bits per heavy atom. The minimum Gasteiger partial charge on any atom is -0.508 e. The van der Waals surface area contributed by atoms with Crippen LogP contribution in [0.5, 0.6) is 5.75 Å². The highest BCUT2D eigenvalue weighted by Gasteiger charge is 2.27. The van der Waals surface area contributed by atoms with Crippen LogP contribution in [0.2, 0.25) is 0 Å². The second-order valence-corrected chi connectivity index (χ2v) is 6.94. The number of benzene rings is 1. The summed E-state index contributed by atoms with van der Waals surface area (Å²) in [7, 11) is 0. The van der Waals surface area contributed by atoms with E-state index in [0.29, 0.717) is 18.0 Å². The highest BCUT2D eigenvalue weighted by molar-refractivity contribution is 6.00. The van der Waals surface area contributed by atoms with Crippen molar-refractivity contribution >= 4 is 17.4 Å². The summed E-state index contributed by atoms with van der Waals surface area (Å²) in [5, 5.41) is 29.0. The number of nitrogen functional groups attached to an aromatic ring is 1. The van der Waals surface area contributed by atoms with E-state index in [1.54, 1.807) is 31.2 Å². The molecule has 0 aliphatic carbocycles. The summed E-state index contributed by atoms with van der Waals surface area (Å²) in [6.07, 6.45) is 2.21. The van der Waals surface area contributed by atoms with Crippen LogP contribution in [0.3, 0.4) is 0 Å². The monoisotopic (exact) mass is 411 g/mol. The van der Waals surface area contributed by atoms with Crippen molar-refractivity contribution in [2.75, 3.05) is 18.8 Å². The molecule has 3 aromatic rings. The minimum atomic E-state index is -0.519. The van der Waals surface area contributed by atoms with Gasteiger partial charge in [0.05, 0.1) is 5.71 Å². The molecule has 0 bridgehead atoms. The van der Waals surface area contributed by atoms with Gasteiger partial charge in [0.2, 0.25) is 11.6 Å². The number of rotatable bonds is 6. The van der Waals surface area contributed by atoms with Gasteiger partial charge in [0.25, 0.3) is 5.91 Å². The Bertz CT molecular complexity index is 1070. The summed E-state index contributed by atoms with van der Waals surface area (Å²) in [4.78, 5) is 15.2. The maximum atomic E-state index is 13.0. The van der Waals surface area contributed by atoms with E-state index < -0.39 is 5.91 Å². The third-order valence-electron chi connectivity index (χ3n) is 4.83. The van der Waals surface area contributed by atoms with Crippen LogP contribution in [0.1, 0.15) is 41.5 Å². The van der Waals surface area contributed by atoms with E-state index in [2.05, 4.69) is 40.7 Å². The second-order valence-electron chi connectivity index (χ2n) is 6.94. The van der Waals surface area contributed by atoms with Crippen LogP contribution in [0, 0.1) is 0 Å². The number of anilines is 1. The molecule has 0 unspecified atom stereocenters. The summed E-state index contributed by atoms with van der Waals surface area (Å²) in [5.74, 6) is -0.296. The van der Waals surface area contributed by atoms with Crippen molar-refractivity contribution < 1.29 is 14.5 Å². The number of amides is 1. The molecule has 3 heterocycles. The van der Waals surface area contributed by atoms with Crippen LogP contribution < -0.4 is 11.2 Å². The molecular formula is C18H21N9O3. The van der Waals surface area contributed by atoms with E-state index in [9.17, 15) is 9.90 Å². The molecule has 1 aromatic carbocycles. The maximum Gasteiger partial charge on any atom is 0.292 e. The number of phenolic OH excluding ortho intramolecular Hbond substituents is 1. The minimum absolute atomic E-state index is 0.00884. The summed E-state index contributed by atoms with van der Waals surface area (Å²) in [6.45, 7) is 4.07. The van der Waals surface area contributed by atoms with Crippen molar-refractivity contribution in [2.24, 2.45) is 5.10 Å². The smallest absolute Gasteiger partial charge is 0.292 e. The van der Waals surface area contributed by atoms with Crippen molar-refractivity contribution in [1.82, 2.24) is 35.6 Å².